The van der Waals surface area contributed by atoms with Gasteiger partial charge in [-0.25, -0.2) is 0 Å². The van der Waals surface area contributed by atoms with Crippen molar-refractivity contribution in [3.63, 3.8) is 0 Å². The third kappa shape index (κ3) is 3.17. The van der Waals surface area contributed by atoms with Gasteiger partial charge in [-0.3, -0.25) is 0 Å². The lowest BCUT2D eigenvalue weighted by molar-refractivity contribution is 1.57. The van der Waals surface area contributed by atoms with Crippen LogP contribution in [-0.2, 0) is 0 Å². The summed E-state index contributed by atoms with van der Waals surface area (Å²) in [4.78, 5) is 0. The number of nitrogens with two attached hydrogens (primary N) is 2. The normalized spacial score (nSPS) is 10.6. The number of hydrogen-bond acceptors (Lipinski definition) is 2. The minimum absolute atomic E-state index is 0.765. The van der Waals surface area contributed by atoms with Gasteiger partial charge in [0.15, 0.2) is 0 Å². The van der Waals surface area contributed by atoms with E-state index in [0.29, 0.717) is 0 Å². The van der Waals surface area contributed by atoms with Gasteiger partial charge in [-0.05, 0) is 52.1 Å². The quantitative estimate of drug-likeness (QED) is 0.461. The van der Waals surface area contributed by atoms with E-state index in [9.17, 15) is 0 Å². The van der Waals surface area contributed by atoms with Crippen molar-refractivity contribution in [1.82, 2.24) is 0 Å². The van der Waals surface area contributed by atoms with E-state index in [2.05, 4.69) is 54.6 Å². The maximum Gasteiger partial charge on any atom is 0.0394 e. The summed E-state index contributed by atoms with van der Waals surface area (Å²) in [6, 6.07) is 32.9. The second-order valence-corrected chi connectivity index (χ2v) is 6.37. The molecule has 0 saturated heterocycles. The fourth-order valence-electron chi connectivity index (χ4n) is 3.13. The Morgan fingerprint density at radius 2 is 0.923 bits per heavy atom. The largest absolute Gasteiger partial charge is 0.399 e. The fourth-order valence-corrected chi connectivity index (χ4v) is 3.13. The maximum atomic E-state index is 6.25. The molecule has 4 aromatic carbocycles. The van der Waals surface area contributed by atoms with Gasteiger partial charge < -0.3 is 11.5 Å². The molecule has 0 aliphatic heterocycles. The third-order valence-electron chi connectivity index (χ3n) is 4.60. The first-order valence-corrected chi connectivity index (χ1v) is 8.62. The van der Waals surface area contributed by atoms with Crippen LogP contribution in [0.2, 0.25) is 0 Å². The second kappa shape index (κ2) is 6.77. The highest BCUT2D eigenvalue weighted by Gasteiger charge is 2.07. The summed E-state index contributed by atoms with van der Waals surface area (Å²) in [5.41, 5.74) is 20.4. The van der Waals surface area contributed by atoms with Crippen LogP contribution in [0.5, 0.6) is 0 Å². The Balaban J connectivity index is 1.71. The van der Waals surface area contributed by atoms with Gasteiger partial charge in [0.05, 0.1) is 0 Å². The highest BCUT2D eigenvalue weighted by Crippen LogP contribution is 2.32. The van der Waals surface area contributed by atoms with E-state index in [1.54, 1.807) is 0 Å². The van der Waals surface area contributed by atoms with Crippen LogP contribution in [0.1, 0.15) is 0 Å². The zero-order valence-corrected chi connectivity index (χ0v) is 14.4. The summed E-state index contributed by atoms with van der Waals surface area (Å²) in [5, 5.41) is 0. The molecular formula is C24H20N2. The molecule has 0 bridgehead atoms. The van der Waals surface area contributed by atoms with Crippen LogP contribution >= 0.6 is 0 Å². The molecule has 0 aromatic heterocycles. The molecule has 2 nitrogen and oxygen atoms in total. The number of rotatable bonds is 3. The lowest BCUT2D eigenvalue weighted by Crippen LogP contribution is -1.91. The van der Waals surface area contributed by atoms with Gasteiger partial charge in [-0.1, -0.05) is 72.8 Å². The summed E-state index contributed by atoms with van der Waals surface area (Å²) >= 11 is 0. The van der Waals surface area contributed by atoms with Gasteiger partial charge in [-0.2, -0.15) is 0 Å². The Morgan fingerprint density at radius 1 is 0.423 bits per heavy atom. The van der Waals surface area contributed by atoms with Gasteiger partial charge in [0, 0.05) is 16.9 Å². The van der Waals surface area contributed by atoms with E-state index in [-0.39, 0.29) is 0 Å². The molecule has 0 atom stereocenters. The lowest BCUT2D eigenvalue weighted by atomic mass is 9.96. The molecule has 0 heterocycles. The number of anilines is 2. The molecule has 4 rings (SSSR count). The molecular weight excluding hydrogens is 316 g/mol. The molecule has 0 saturated carbocycles. The molecule has 0 unspecified atom stereocenters. The standard InChI is InChI=1S/C24H20N2/c25-22-13-10-19(11-14-22)21-12-15-24(26)23(16-21)20-8-6-18(7-9-20)17-4-2-1-3-5-17/h1-16H,25-26H2. The molecule has 0 aliphatic rings. The molecule has 0 fully saturated rings. The van der Waals surface area contributed by atoms with Crippen molar-refractivity contribution < 1.29 is 0 Å². The van der Waals surface area contributed by atoms with E-state index in [0.717, 1.165) is 33.6 Å². The Morgan fingerprint density at radius 3 is 1.62 bits per heavy atom. The van der Waals surface area contributed by atoms with Gasteiger partial charge in [-0.15, -0.1) is 0 Å². The van der Waals surface area contributed by atoms with Gasteiger partial charge in [0.1, 0.15) is 0 Å². The smallest absolute Gasteiger partial charge is 0.0394 e. The maximum absolute atomic E-state index is 6.25. The average Bonchev–Trinajstić information content (AvgIpc) is 2.70. The van der Waals surface area contributed by atoms with Crippen molar-refractivity contribution in [2.45, 2.75) is 0 Å². The molecule has 2 heteroatoms. The van der Waals surface area contributed by atoms with E-state index in [1.807, 2.05) is 42.5 Å². The number of nitrogen functional groups attached to an aromatic ring is 2. The Bertz CT molecular complexity index is 1020. The predicted octanol–water partition coefficient (Wildman–Crippen LogP) is 5.85. The van der Waals surface area contributed by atoms with Crippen molar-refractivity contribution >= 4 is 11.4 Å². The molecule has 0 amide bonds. The van der Waals surface area contributed by atoms with Crippen LogP contribution in [-0.4, -0.2) is 0 Å². The molecule has 0 aliphatic carbocycles. The minimum Gasteiger partial charge on any atom is -0.399 e. The van der Waals surface area contributed by atoms with Crippen molar-refractivity contribution in [2.75, 3.05) is 11.5 Å². The molecule has 126 valence electrons. The molecule has 0 radical (unpaired) electrons. The number of benzene rings is 4. The Labute approximate surface area is 153 Å². The third-order valence-corrected chi connectivity index (χ3v) is 4.60. The average molecular weight is 336 g/mol. The van der Waals surface area contributed by atoms with E-state index >= 15 is 0 Å². The summed E-state index contributed by atoms with van der Waals surface area (Å²) in [7, 11) is 0. The first kappa shape index (κ1) is 16.0. The summed E-state index contributed by atoms with van der Waals surface area (Å²) in [6.45, 7) is 0. The first-order chi connectivity index (χ1) is 12.7. The fraction of sp³-hybridized carbons (Fsp3) is 0. The topological polar surface area (TPSA) is 52.0 Å². The lowest BCUT2D eigenvalue weighted by Gasteiger charge is -2.11. The van der Waals surface area contributed by atoms with Crippen molar-refractivity contribution in [2.24, 2.45) is 0 Å². The van der Waals surface area contributed by atoms with Crippen LogP contribution in [0.15, 0.2) is 97.1 Å². The van der Waals surface area contributed by atoms with Crippen LogP contribution in [0.25, 0.3) is 33.4 Å². The summed E-state index contributed by atoms with van der Waals surface area (Å²) in [5.74, 6) is 0. The van der Waals surface area contributed by atoms with Gasteiger partial charge in [0.25, 0.3) is 0 Å². The second-order valence-electron chi connectivity index (χ2n) is 6.37. The number of hydrogen-bond donors (Lipinski definition) is 2. The molecule has 0 spiro atoms. The zero-order valence-electron chi connectivity index (χ0n) is 14.4. The first-order valence-electron chi connectivity index (χ1n) is 8.62. The Kier molecular flexibility index (Phi) is 4.16. The van der Waals surface area contributed by atoms with Crippen LogP contribution in [0.3, 0.4) is 0 Å². The van der Waals surface area contributed by atoms with Crippen molar-refractivity contribution in [3.8, 4) is 33.4 Å². The highest BCUT2D eigenvalue weighted by molar-refractivity contribution is 5.83. The summed E-state index contributed by atoms with van der Waals surface area (Å²) < 4.78 is 0. The van der Waals surface area contributed by atoms with Crippen LogP contribution in [0, 0.1) is 0 Å². The van der Waals surface area contributed by atoms with Gasteiger partial charge >= 0.3 is 0 Å². The molecule has 4 N–H and O–H groups in total. The summed E-state index contributed by atoms with van der Waals surface area (Å²) in [6.07, 6.45) is 0. The van der Waals surface area contributed by atoms with E-state index in [1.165, 1.54) is 11.1 Å². The van der Waals surface area contributed by atoms with Crippen molar-refractivity contribution in [1.29, 1.82) is 0 Å². The SMILES string of the molecule is Nc1ccc(-c2ccc(N)c(-c3ccc(-c4ccccc4)cc3)c2)cc1. The van der Waals surface area contributed by atoms with E-state index < -0.39 is 0 Å². The van der Waals surface area contributed by atoms with E-state index in [4.69, 9.17) is 11.5 Å². The van der Waals surface area contributed by atoms with Gasteiger partial charge in [0.2, 0.25) is 0 Å². The zero-order chi connectivity index (χ0) is 17.9. The predicted molar refractivity (Wildman–Crippen MR) is 112 cm³/mol. The van der Waals surface area contributed by atoms with Crippen LogP contribution < -0.4 is 11.5 Å². The van der Waals surface area contributed by atoms with Crippen LogP contribution in [0.4, 0.5) is 11.4 Å². The minimum atomic E-state index is 0.765. The molecule has 4 aromatic rings. The highest BCUT2D eigenvalue weighted by atomic mass is 14.6. The molecule has 26 heavy (non-hydrogen) atoms. The monoisotopic (exact) mass is 336 g/mol. The Hall–Kier alpha value is -3.52. The van der Waals surface area contributed by atoms with Crippen molar-refractivity contribution in [3.05, 3.63) is 97.1 Å².